The molecule has 1 amide bonds. The summed E-state index contributed by atoms with van der Waals surface area (Å²) in [4.78, 5) is 22.7. The molecule has 5 nitrogen and oxygen atoms in total. The van der Waals surface area contributed by atoms with Crippen molar-refractivity contribution in [1.29, 1.82) is 0 Å². The van der Waals surface area contributed by atoms with Crippen molar-refractivity contribution in [1.82, 2.24) is 14.7 Å². The van der Waals surface area contributed by atoms with Crippen molar-refractivity contribution < 1.29 is 4.79 Å². The van der Waals surface area contributed by atoms with E-state index in [1.807, 2.05) is 55.0 Å². The molecule has 5 heteroatoms. The lowest BCUT2D eigenvalue weighted by Gasteiger charge is -2.22. The molecular formula is C17H26N4O. The van der Waals surface area contributed by atoms with Crippen LogP contribution in [-0.4, -0.2) is 61.3 Å². The van der Waals surface area contributed by atoms with Crippen molar-refractivity contribution in [3.63, 3.8) is 0 Å². The normalized spacial score (nSPS) is 12.8. The Morgan fingerprint density at radius 1 is 1.09 bits per heavy atom. The number of amides is 1. The van der Waals surface area contributed by atoms with Crippen molar-refractivity contribution in [3.8, 4) is 0 Å². The van der Waals surface area contributed by atoms with Crippen LogP contribution < -0.4 is 0 Å². The molecule has 2 rings (SSSR count). The first kappa shape index (κ1) is 16.3. The molecule has 1 aromatic rings. The van der Waals surface area contributed by atoms with E-state index in [-0.39, 0.29) is 5.91 Å². The fourth-order valence-corrected chi connectivity index (χ4v) is 2.76. The van der Waals surface area contributed by atoms with E-state index >= 15 is 0 Å². The van der Waals surface area contributed by atoms with Gasteiger partial charge in [0.25, 0.3) is 0 Å². The molecule has 0 unspecified atom stereocenters. The lowest BCUT2D eigenvalue weighted by Crippen LogP contribution is -2.35. The van der Waals surface area contributed by atoms with Crippen LogP contribution in [0.25, 0.3) is 0 Å². The highest BCUT2D eigenvalue weighted by atomic mass is 16.2. The van der Waals surface area contributed by atoms with E-state index in [2.05, 4.69) is 17.1 Å². The second kappa shape index (κ2) is 7.29. The first-order valence-electron chi connectivity index (χ1n) is 7.72. The fraction of sp³-hybridized carbons (Fsp3) is 0.529. The average Bonchev–Trinajstić information content (AvgIpc) is 2.90. The number of aliphatic imine (C=N–C) groups is 1. The molecule has 1 aliphatic heterocycles. The Morgan fingerprint density at radius 3 is 2.14 bits per heavy atom. The summed E-state index contributed by atoms with van der Waals surface area (Å²) >= 11 is 0. The molecule has 0 radical (unpaired) electrons. The van der Waals surface area contributed by atoms with Gasteiger partial charge >= 0.3 is 0 Å². The van der Waals surface area contributed by atoms with Crippen LogP contribution in [-0.2, 0) is 17.9 Å². The second-order valence-corrected chi connectivity index (χ2v) is 6.09. The molecule has 22 heavy (non-hydrogen) atoms. The van der Waals surface area contributed by atoms with Gasteiger partial charge in [-0.3, -0.25) is 9.79 Å². The van der Waals surface area contributed by atoms with Gasteiger partial charge in [0.1, 0.15) is 0 Å². The van der Waals surface area contributed by atoms with E-state index in [1.54, 1.807) is 0 Å². The molecule has 1 aromatic carbocycles. The lowest BCUT2D eigenvalue weighted by atomic mass is 10.1. The summed E-state index contributed by atoms with van der Waals surface area (Å²) in [6.07, 6.45) is 1.35. The van der Waals surface area contributed by atoms with Crippen LogP contribution in [0.5, 0.6) is 0 Å². The fourth-order valence-electron chi connectivity index (χ4n) is 2.76. The van der Waals surface area contributed by atoms with Crippen molar-refractivity contribution in [3.05, 3.63) is 35.4 Å². The Morgan fingerprint density at radius 2 is 1.64 bits per heavy atom. The van der Waals surface area contributed by atoms with Crippen LogP contribution in [0.15, 0.2) is 29.3 Å². The molecule has 0 aromatic heterocycles. The molecule has 1 heterocycles. The first-order valence-corrected chi connectivity index (χ1v) is 7.72. The monoisotopic (exact) mass is 302 g/mol. The highest BCUT2D eigenvalue weighted by molar-refractivity contribution is 5.79. The summed E-state index contributed by atoms with van der Waals surface area (Å²) in [5.41, 5.74) is 2.55. The summed E-state index contributed by atoms with van der Waals surface area (Å²) < 4.78 is 0. The number of hydrogen-bond donors (Lipinski definition) is 0. The van der Waals surface area contributed by atoms with Crippen LogP contribution in [0.3, 0.4) is 0 Å². The van der Waals surface area contributed by atoms with Crippen molar-refractivity contribution in [2.24, 2.45) is 4.99 Å². The van der Waals surface area contributed by atoms with E-state index in [1.165, 1.54) is 11.1 Å². The number of hydrogen-bond acceptors (Lipinski definition) is 2. The maximum Gasteiger partial charge on any atom is 0.223 e. The molecule has 0 atom stereocenters. The van der Waals surface area contributed by atoms with Crippen molar-refractivity contribution in [2.45, 2.75) is 25.9 Å². The van der Waals surface area contributed by atoms with Gasteiger partial charge in [0, 0.05) is 54.2 Å². The second-order valence-electron chi connectivity index (χ2n) is 6.09. The zero-order valence-corrected chi connectivity index (χ0v) is 14.0. The van der Waals surface area contributed by atoms with Crippen molar-refractivity contribution >= 4 is 11.9 Å². The Hall–Kier alpha value is -2.04. The van der Waals surface area contributed by atoms with E-state index < -0.39 is 0 Å². The van der Waals surface area contributed by atoms with Gasteiger partial charge in [0.15, 0.2) is 5.96 Å². The predicted molar refractivity (Wildman–Crippen MR) is 89.6 cm³/mol. The van der Waals surface area contributed by atoms with Crippen LogP contribution in [0, 0.1) is 0 Å². The maximum atomic E-state index is 12.3. The zero-order valence-electron chi connectivity index (χ0n) is 14.0. The van der Waals surface area contributed by atoms with E-state index in [0.29, 0.717) is 13.0 Å². The molecule has 0 spiro atoms. The van der Waals surface area contributed by atoms with E-state index in [9.17, 15) is 4.79 Å². The Bertz CT molecular complexity index is 516. The number of carbonyl (C=O) groups excluding carboxylic acids is 1. The molecule has 0 aliphatic carbocycles. The van der Waals surface area contributed by atoms with Crippen molar-refractivity contribution in [2.75, 3.05) is 34.7 Å². The maximum absolute atomic E-state index is 12.3. The third-order valence-electron chi connectivity index (χ3n) is 3.80. The quantitative estimate of drug-likeness (QED) is 0.483. The topological polar surface area (TPSA) is 39.2 Å². The Balaban J connectivity index is 1.79. The SMILES string of the molecule is CN(C)C(=NCCCC(=O)N1Cc2ccccc2C1)N(C)C. The highest BCUT2D eigenvalue weighted by Crippen LogP contribution is 2.22. The van der Waals surface area contributed by atoms with E-state index in [0.717, 1.165) is 25.5 Å². The molecule has 1 aliphatic rings. The molecule has 0 saturated heterocycles. The zero-order chi connectivity index (χ0) is 16.1. The first-order chi connectivity index (χ1) is 10.5. The van der Waals surface area contributed by atoms with Gasteiger partial charge in [-0.25, -0.2) is 0 Å². The van der Waals surface area contributed by atoms with Gasteiger partial charge < -0.3 is 14.7 Å². The number of fused-ring (bicyclic) bond motifs is 1. The van der Waals surface area contributed by atoms with Crippen LogP contribution in [0.2, 0.25) is 0 Å². The highest BCUT2D eigenvalue weighted by Gasteiger charge is 2.22. The minimum atomic E-state index is 0.225. The molecule has 0 N–H and O–H groups in total. The summed E-state index contributed by atoms with van der Waals surface area (Å²) in [6, 6.07) is 8.28. The third-order valence-corrected chi connectivity index (χ3v) is 3.80. The van der Waals surface area contributed by atoms with Gasteiger partial charge in [0.05, 0.1) is 0 Å². The number of nitrogens with zero attached hydrogens (tertiary/aromatic N) is 4. The number of benzene rings is 1. The summed E-state index contributed by atoms with van der Waals surface area (Å²) in [5, 5.41) is 0. The van der Waals surface area contributed by atoms with Gasteiger partial charge in [0.2, 0.25) is 5.91 Å². The summed E-state index contributed by atoms with van der Waals surface area (Å²) in [5.74, 6) is 1.16. The minimum absolute atomic E-state index is 0.225. The third kappa shape index (κ3) is 4.00. The average molecular weight is 302 g/mol. The van der Waals surface area contributed by atoms with Crippen LogP contribution >= 0.6 is 0 Å². The molecule has 0 saturated carbocycles. The Labute approximate surface area is 133 Å². The number of rotatable bonds is 4. The van der Waals surface area contributed by atoms with Gasteiger partial charge in [-0.15, -0.1) is 0 Å². The standard InChI is InChI=1S/C17H26N4O/c1-19(2)17(20(3)4)18-11-7-10-16(22)21-12-14-8-5-6-9-15(14)13-21/h5-6,8-9H,7,10-13H2,1-4H3. The number of guanidine groups is 1. The number of carbonyl (C=O) groups is 1. The Kier molecular flexibility index (Phi) is 5.41. The smallest absolute Gasteiger partial charge is 0.223 e. The molecule has 120 valence electrons. The lowest BCUT2D eigenvalue weighted by molar-refractivity contribution is -0.131. The summed E-state index contributed by atoms with van der Waals surface area (Å²) in [6.45, 7) is 2.18. The van der Waals surface area contributed by atoms with Gasteiger partial charge in [-0.2, -0.15) is 0 Å². The van der Waals surface area contributed by atoms with Crippen LogP contribution in [0.1, 0.15) is 24.0 Å². The largest absolute Gasteiger partial charge is 0.349 e. The summed E-state index contributed by atoms with van der Waals surface area (Å²) in [7, 11) is 7.91. The molecule has 0 fully saturated rings. The predicted octanol–water partition coefficient (Wildman–Crippen LogP) is 1.79. The molecular weight excluding hydrogens is 276 g/mol. The van der Waals surface area contributed by atoms with Gasteiger partial charge in [-0.05, 0) is 17.5 Å². The molecule has 0 bridgehead atoms. The van der Waals surface area contributed by atoms with Crippen LogP contribution in [0.4, 0.5) is 0 Å². The minimum Gasteiger partial charge on any atom is -0.349 e. The van der Waals surface area contributed by atoms with Gasteiger partial charge in [-0.1, -0.05) is 24.3 Å². The van der Waals surface area contributed by atoms with E-state index in [4.69, 9.17) is 0 Å².